The number of hydrogen-bond donors (Lipinski definition) is 0. The lowest BCUT2D eigenvalue weighted by molar-refractivity contribution is 0.0495. The fourth-order valence-corrected chi connectivity index (χ4v) is 2.70. The van der Waals surface area contributed by atoms with E-state index < -0.39 is 11.6 Å². The molecule has 19 heavy (non-hydrogen) atoms. The van der Waals surface area contributed by atoms with Crippen LogP contribution in [0.1, 0.15) is 18.9 Å². The zero-order chi connectivity index (χ0) is 14.0. The van der Waals surface area contributed by atoms with Crippen LogP contribution in [0.25, 0.3) is 0 Å². The zero-order valence-corrected chi connectivity index (χ0v) is 11.9. The number of anilines is 1. The van der Waals surface area contributed by atoms with Gasteiger partial charge in [0.2, 0.25) is 0 Å². The minimum Gasteiger partial charge on any atom is -0.379 e. The highest BCUT2D eigenvalue weighted by Crippen LogP contribution is 2.30. The summed E-state index contributed by atoms with van der Waals surface area (Å²) in [7, 11) is 1.63. The molecule has 106 valence electrons. The Balaban J connectivity index is 2.27. The molecule has 0 saturated carbocycles. The largest absolute Gasteiger partial charge is 0.379 e. The van der Waals surface area contributed by atoms with E-state index in [1.165, 1.54) is 12.1 Å². The van der Waals surface area contributed by atoms with E-state index in [1.807, 2.05) is 0 Å². The number of methoxy groups -OCH3 is 1. The number of benzene rings is 1. The van der Waals surface area contributed by atoms with E-state index in [9.17, 15) is 8.78 Å². The van der Waals surface area contributed by atoms with Gasteiger partial charge in [-0.25, -0.2) is 8.78 Å². The Labute approximate surface area is 117 Å². The number of rotatable bonds is 3. The molecular formula is C14H18ClF2NO. The average molecular weight is 290 g/mol. The van der Waals surface area contributed by atoms with Gasteiger partial charge < -0.3 is 9.64 Å². The molecule has 2 rings (SSSR count). The SMILES string of the molecule is COC1CN(c2c(F)cc(CCl)cc2F)CCC1C. The van der Waals surface area contributed by atoms with E-state index in [0.29, 0.717) is 24.6 Å². The lowest BCUT2D eigenvalue weighted by Gasteiger charge is -2.37. The second kappa shape index (κ2) is 6.06. The Hall–Kier alpha value is -0.870. The van der Waals surface area contributed by atoms with Crippen molar-refractivity contribution in [3.05, 3.63) is 29.3 Å². The molecule has 0 aromatic heterocycles. The summed E-state index contributed by atoms with van der Waals surface area (Å²) in [6.07, 6.45) is 0.856. The number of ether oxygens (including phenoxy) is 1. The van der Waals surface area contributed by atoms with Gasteiger partial charge in [0, 0.05) is 26.1 Å². The topological polar surface area (TPSA) is 12.5 Å². The molecule has 1 fully saturated rings. The molecule has 1 aliphatic heterocycles. The smallest absolute Gasteiger partial charge is 0.149 e. The molecule has 0 aliphatic carbocycles. The molecule has 1 saturated heterocycles. The van der Waals surface area contributed by atoms with Gasteiger partial charge >= 0.3 is 0 Å². The van der Waals surface area contributed by atoms with E-state index in [1.54, 1.807) is 12.0 Å². The molecule has 1 heterocycles. The summed E-state index contributed by atoms with van der Waals surface area (Å²) in [5, 5.41) is 0. The highest BCUT2D eigenvalue weighted by atomic mass is 35.5. The van der Waals surface area contributed by atoms with Gasteiger partial charge in [-0.05, 0) is 30.0 Å². The summed E-state index contributed by atoms with van der Waals surface area (Å²) in [5.41, 5.74) is 0.483. The number of nitrogens with zero attached hydrogens (tertiary/aromatic N) is 1. The van der Waals surface area contributed by atoms with E-state index in [-0.39, 0.29) is 17.7 Å². The van der Waals surface area contributed by atoms with E-state index in [2.05, 4.69) is 6.92 Å². The fraction of sp³-hybridized carbons (Fsp3) is 0.571. The maximum absolute atomic E-state index is 14.0. The zero-order valence-electron chi connectivity index (χ0n) is 11.1. The maximum atomic E-state index is 14.0. The van der Waals surface area contributed by atoms with Crippen molar-refractivity contribution >= 4 is 17.3 Å². The quantitative estimate of drug-likeness (QED) is 0.789. The average Bonchev–Trinajstić information content (AvgIpc) is 2.39. The van der Waals surface area contributed by atoms with Gasteiger partial charge in [0.1, 0.15) is 17.3 Å². The van der Waals surface area contributed by atoms with Crippen LogP contribution in [0, 0.1) is 17.6 Å². The van der Waals surface area contributed by atoms with Crippen LogP contribution >= 0.6 is 11.6 Å². The first kappa shape index (κ1) is 14.5. The third-order valence-corrected chi connectivity index (χ3v) is 4.05. The normalized spacial score (nSPS) is 23.7. The van der Waals surface area contributed by atoms with Crippen molar-refractivity contribution in [2.75, 3.05) is 25.1 Å². The summed E-state index contributed by atoms with van der Waals surface area (Å²) in [5.74, 6) is -0.610. The van der Waals surface area contributed by atoms with Crippen LogP contribution in [0.2, 0.25) is 0 Å². The first-order valence-corrected chi connectivity index (χ1v) is 6.92. The van der Waals surface area contributed by atoms with Crippen molar-refractivity contribution in [3.8, 4) is 0 Å². The molecule has 2 unspecified atom stereocenters. The maximum Gasteiger partial charge on any atom is 0.149 e. The van der Waals surface area contributed by atoms with E-state index >= 15 is 0 Å². The summed E-state index contributed by atoms with van der Waals surface area (Å²) >= 11 is 5.61. The first-order chi connectivity index (χ1) is 9.06. The molecule has 5 heteroatoms. The third kappa shape index (κ3) is 3.00. The monoisotopic (exact) mass is 289 g/mol. The van der Waals surface area contributed by atoms with Gasteiger partial charge in [0.05, 0.1) is 6.10 Å². The Morgan fingerprint density at radius 2 is 2.00 bits per heavy atom. The van der Waals surface area contributed by atoms with Crippen molar-refractivity contribution in [1.82, 2.24) is 0 Å². The predicted octanol–water partition coefficient (Wildman–Crippen LogP) is 3.56. The standard InChI is InChI=1S/C14H18ClF2NO/c1-9-3-4-18(8-13(9)19-2)14-11(16)5-10(7-15)6-12(14)17/h5-6,9,13H,3-4,7-8H2,1-2H3. The number of alkyl halides is 1. The molecule has 0 N–H and O–H groups in total. The Morgan fingerprint density at radius 3 is 2.53 bits per heavy atom. The molecule has 2 atom stereocenters. The predicted molar refractivity (Wildman–Crippen MR) is 72.7 cm³/mol. The van der Waals surface area contributed by atoms with Crippen LogP contribution in [0.5, 0.6) is 0 Å². The van der Waals surface area contributed by atoms with Crippen LogP contribution in [0.4, 0.5) is 14.5 Å². The van der Waals surface area contributed by atoms with Crippen LogP contribution in [-0.2, 0) is 10.6 Å². The molecule has 0 amide bonds. The number of piperidine rings is 1. The molecule has 0 radical (unpaired) electrons. The van der Waals surface area contributed by atoms with Crippen molar-refractivity contribution in [2.24, 2.45) is 5.92 Å². The summed E-state index contributed by atoms with van der Waals surface area (Å²) < 4.78 is 33.4. The van der Waals surface area contributed by atoms with Crippen molar-refractivity contribution in [3.63, 3.8) is 0 Å². The van der Waals surface area contributed by atoms with Crippen LogP contribution in [0.3, 0.4) is 0 Å². The number of hydrogen-bond acceptors (Lipinski definition) is 2. The van der Waals surface area contributed by atoms with Gasteiger partial charge in [0.25, 0.3) is 0 Å². The van der Waals surface area contributed by atoms with Gasteiger partial charge in [-0.15, -0.1) is 11.6 Å². The molecule has 2 nitrogen and oxygen atoms in total. The van der Waals surface area contributed by atoms with Gasteiger partial charge in [0.15, 0.2) is 0 Å². The highest BCUT2D eigenvalue weighted by molar-refractivity contribution is 6.17. The Kier molecular flexibility index (Phi) is 4.63. The van der Waals surface area contributed by atoms with Gasteiger partial charge in [-0.2, -0.15) is 0 Å². The second-order valence-corrected chi connectivity index (χ2v) is 5.30. The van der Waals surface area contributed by atoms with Crippen LogP contribution in [0.15, 0.2) is 12.1 Å². The molecule has 1 aromatic carbocycles. The number of halogens is 3. The summed E-state index contributed by atoms with van der Waals surface area (Å²) in [6.45, 7) is 3.23. The van der Waals surface area contributed by atoms with Crippen molar-refractivity contribution < 1.29 is 13.5 Å². The Morgan fingerprint density at radius 1 is 1.37 bits per heavy atom. The van der Waals surface area contributed by atoms with Crippen LogP contribution in [-0.4, -0.2) is 26.3 Å². The molecular weight excluding hydrogens is 272 g/mol. The fourth-order valence-electron chi connectivity index (χ4n) is 2.54. The Bertz CT molecular complexity index is 432. The summed E-state index contributed by atoms with van der Waals surface area (Å²) in [6, 6.07) is 2.59. The van der Waals surface area contributed by atoms with Gasteiger partial charge in [-0.1, -0.05) is 6.92 Å². The highest BCUT2D eigenvalue weighted by Gasteiger charge is 2.29. The molecule has 0 spiro atoms. The minimum absolute atomic E-state index is 0.000235. The minimum atomic E-state index is -0.556. The molecule has 1 aliphatic rings. The first-order valence-electron chi connectivity index (χ1n) is 6.38. The second-order valence-electron chi connectivity index (χ2n) is 5.03. The van der Waals surface area contributed by atoms with Crippen molar-refractivity contribution in [1.29, 1.82) is 0 Å². The molecule has 1 aromatic rings. The summed E-state index contributed by atoms with van der Waals surface area (Å²) in [4.78, 5) is 1.72. The third-order valence-electron chi connectivity index (χ3n) is 3.74. The van der Waals surface area contributed by atoms with Crippen molar-refractivity contribution in [2.45, 2.75) is 25.3 Å². The van der Waals surface area contributed by atoms with E-state index in [0.717, 1.165) is 6.42 Å². The van der Waals surface area contributed by atoms with Gasteiger partial charge in [-0.3, -0.25) is 0 Å². The van der Waals surface area contributed by atoms with Crippen LogP contribution < -0.4 is 4.90 Å². The molecule has 0 bridgehead atoms. The lowest BCUT2D eigenvalue weighted by atomic mass is 9.95. The lowest BCUT2D eigenvalue weighted by Crippen LogP contribution is -2.44. The van der Waals surface area contributed by atoms with E-state index in [4.69, 9.17) is 16.3 Å².